The number of aryl methyl sites for hydroxylation is 1. The van der Waals surface area contributed by atoms with Crippen molar-refractivity contribution in [2.75, 3.05) is 12.8 Å². The highest BCUT2D eigenvalue weighted by Gasteiger charge is 2.22. The van der Waals surface area contributed by atoms with Gasteiger partial charge in [-0.1, -0.05) is 25.5 Å². The van der Waals surface area contributed by atoms with E-state index in [1.54, 1.807) is 4.90 Å². The number of anilines is 1. The van der Waals surface area contributed by atoms with Crippen molar-refractivity contribution in [3.8, 4) is 0 Å². The normalized spacial score (nSPS) is 12.6. The molecule has 108 valence electrons. The summed E-state index contributed by atoms with van der Waals surface area (Å²) in [6.07, 6.45) is 2.08. The minimum Gasteiger partial charge on any atom is -0.397 e. The number of benzene rings is 1. The second-order valence-corrected chi connectivity index (χ2v) is 6.45. The fourth-order valence-electron chi connectivity index (χ4n) is 2.35. The summed E-state index contributed by atoms with van der Waals surface area (Å²) in [6, 6.07) is 6.35. The van der Waals surface area contributed by atoms with Crippen LogP contribution in [0.1, 0.15) is 41.9 Å². The number of hydrogen-bond acceptors (Lipinski definition) is 3. The van der Waals surface area contributed by atoms with E-state index in [1.165, 1.54) is 16.9 Å². The van der Waals surface area contributed by atoms with Gasteiger partial charge in [-0.05, 0) is 31.9 Å². The molecule has 1 heterocycles. The zero-order chi connectivity index (χ0) is 14.9. The third-order valence-corrected chi connectivity index (χ3v) is 4.92. The third-order valence-electron chi connectivity index (χ3n) is 3.77. The molecule has 0 saturated carbocycles. The van der Waals surface area contributed by atoms with Crippen LogP contribution in [0.5, 0.6) is 0 Å². The van der Waals surface area contributed by atoms with Crippen LogP contribution in [-0.4, -0.2) is 23.9 Å². The number of hydrogen-bond donors (Lipinski definition) is 1. The minimum absolute atomic E-state index is 0.0299. The molecule has 1 aromatic carbocycles. The van der Waals surface area contributed by atoms with Crippen LogP contribution in [0.25, 0.3) is 10.1 Å². The van der Waals surface area contributed by atoms with Crippen molar-refractivity contribution in [1.82, 2.24) is 4.90 Å². The lowest BCUT2D eigenvalue weighted by molar-refractivity contribution is 0.0742. The van der Waals surface area contributed by atoms with Crippen molar-refractivity contribution in [2.45, 2.75) is 39.7 Å². The van der Waals surface area contributed by atoms with Crippen LogP contribution in [0.2, 0.25) is 0 Å². The first kappa shape index (κ1) is 14.9. The maximum atomic E-state index is 12.6. The minimum atomic E-state index is 0.0299. The van der Waals surface area contributed by atoms with E-state index in [0.29, 0.717) is 10.6 Å². The first-order chi connectivity index (χ1) is 9.45. The van der Waals surface area contributed by atoms with Gasteiger partial charge in [0, 0.05) is 23.2 Å². The van der Waals surface area contributed by atoms with Crippen LogP contribution in [0.4, 0.5) is 5.69 Å². The summed E-state index contributed by atoms with van der Waals surface area (Å²) in [6.45, 7) is 6.26. The lowest BCUT2D eigenvalue weighted by Crippen LogP contribution is -2.34. The van der Waals surface area contributed by atoms with E-state index < -0.39 is 0 Å². The Hall–Kier alpha value is -1.55. The standard InChI is InChI=1S/C16H22N2OS/c1-5-6-11(3)18(4)16(19)15-14(17)12-8-7-10(2)9-13(12)20-15/h7-9,11H,5-6,17H2,1-4H3. The van der Waals surface area contributed by atoms with Gasteiger partial charge in [0.25, 0.3) is 5.91 Å². The van der Waals surface area contributed by atoms with Crippen LogP contribution in [-0.2, 0) is 0 Å². The molecular formula is C16H22N2OS. The van der Waals surface area contributed by atoms with Crippen molar-refractivity contribution in [3.05, 3.63) is 28.6 Å². The van der Waals surface area contributed by atoms with Gasteiger partial charge in [0.05, 0.1) is 5.69 Å². The molecule has 1 atom stereocenters. The number of rotatable bonds is 4. The molecule has 0 fully saturated rings. The van der Waals surface area contributed by atoms with Crippen LogP contribution in [0.3, 0.4) is 0 Å². The summed E-state index contributed by atoms with van der Waals surface area (Å²) in [5.74, 6) is 0.0299. The van der Waals surface area contributed by atoms with Gasteiger partial charge in [-0.15, -0.1) is 11.3 Å². The predicted octanol–water partition coefficient (Wildman–Crippen LogP) is 4.05. The number of fused-ring (bicyclic) bond motifs is 1. The SMILES string of the molecule is CCCC(C)N(C)C(=O)c1sc2cc(C)ccc2c1N. The van der Waals surface area contributed by atoms with Crippen molar-refractivity contribution < 1.29 is 4.79 Å². The molecular weight excluding hydrogens is 268 g/mol. The van der Waals surface area contributed by atoms with Crippen molar-refractivity contribution in [3.63, 3.8) is 0 Å². The Morgan fingerprint density at radius 1 is 1.45 bits per heavy atom. The summed E-state index contributed by atoms with van der Waals surface area (Å²) < 4.78 is 1.09. The Morgan fingerprint density at radius 2 is 2.15 bits per heavy atom. The topological polar surface area (TPSA) is 46.3 Å². The summed E-state index contributed by atoms with van der Waals surface area (Å²) in [7, 11) is 1.86. The van der Waals surface area contributed by atoms with Crippen LogP contribution >= 0.6 is 11.3 Å². The zero-order valence-corrected chi connectivity index (χ0v) is 13.4. The Labute approximate surface area is 124 Å². The first-order valence-corrected chi connectivity index (χ1v) is 7.83. The predicted molar refractivity (Wildman–Crippen MR) is 87.4 cm³/mol. The fraction of sp³-hybridized carbons (Fsp3) is 0.438. The molecule has 3 nitrogen and oxygen atoms in total. The number of nitrogen functional groups attached to an aromatic ring is 1. The zero-order valence-electron chi connectivity index (χ0n) is 12.6. The summed E-state index contributed by atoms with van der Waals surface area (Å²) in [4.78, 5) is 15.1. The van der Waals surface area contributed by atoms with Gasteiger partial charge in [0.2, 0.25) is 0 Å². The van der Waals surface area contributed by atoms with Gasteiger partial charge >= 0.3 is 0 Å². The molecule has 2 N–H and O–H groups in total. The molecule has 2 rings (SSSR count). The first-order valence-electron chi connectivity index (χ1n) is 7.01. The van der Waals surface area contributed by atoms with Crippen LogP contribution in [0.15, 0.2) is 18.2 Å². The van der Waals surface area contributed by atoms with Gasteiger partial charge in [-0.2, -0.15) is 0 Å². The molecule has 1 amide bonds. The maximum absolute atomic E-state index is 12.6. The molecule has 0 aliphatic rings. The average Bonchev–Trinajstić information content (AvgIpc) is 2.74. The van der Waals surface area contributed by atoms with E-state index in [0.717, 1.165) is 22.9 Å². The lowest BCUT2D eigenvalue weighted by atomic mass is 10.1. The molecule has 0 aliphatic heterocycles. The number of amides is 1. The molecule has 0 bridgehead atoms. The van der Waals surface area contributed by atoms with E-state index in [4.69, 9.17) is 5.73 Å². The van der Waals surface area contributed by atoms with Gasteiger partial charge in [0.15, 0.2) is 0 Å². The van der Waals surface area contributed by atoms with Gasteiger partial charge < -0.3 is 10.6 Å². The number of carbonyl (C=O) groups excluding carboxylic acids is 1. The Bertz CT molecular complexity index is 633. The second kappa shape index (κ2) is 5.83. The molecule has 1 unspecified atom stereocenters. The fourth-order valence-corrected chi connectivity index (χ4v) is 3.56. The Kier molecular flexibility index (Phi) is 4.33. The van der Waals surface area contributed by atoms with E-state index in [1.807, 2.05) is 26.1 Å². The van der Waals surface area contributed by atoms with Crippen molar-refractivity contribution in [2.24, 2.45) is 0 Å². The monoisotopic (exact) mass is 290 g/mol. The van der Waals surface area contributed by atoms with E-state index >= 15 is 0 Å². The molecule has 0 radical (unpaired) electrons. The average molecular weight is 290 g/mol. The molecule has 0 spiro atoms. The van der Waals surface area contributed by atoms with Gasteiger partial charge in [-0.25, -0.2) is 0 Å². The summed E-state index contributed by atoms with van der Waals surface area (Å²) in [5, 5.41) is 0.987. The quantitative estimate of drug-likeness (QED) is 0.923. The number of nitrogens with two attached hydrogens (primary N) is 1. The van der Waals surface area contributed by atoms with Crippen LogP contribution < -0.4 is 5.73 Å². The highest BCUT2D eigenvalue weighted by molar-refractivity contribution is 7.21. The largest absolute Gasteiger partial charge is 0.397 e. The molecule has 0 saturated heterocycles. The highest BCUT2D eigenvalue weighted by Crippen LogP contribution is 2.35. The molecule has 1 aromatic heterocycles. The second-order valence-electron chi connectivity index (χ2n) is 5.40. The van der Waals surface area contributed by atoms with E-state index in [2.05, 4.69) is 19.9 Å². The third kappa shape index (κ3) is 2.66. The number of nitrogens with zero attached hydrogens (tertiary/aromatic N) is 1. The Morgan fingerprint density at radius 3 is 2.80 bits per heavy atom. The molecule has 4 heteroatoms. The smallest absolute Gasteiger partial charge is 0.266 e. The maximum Gasteiger partial charge on any atom is 0.266 e. The lowest BCUT2D eigenvalue weighted by Gasteiger charge is -2.24. The number of carbonyl (C=O) groups is 1. The van der Waals surface area contributed by atoms with E-state index in [-0.39, 0.29) is 11.9 Å². The van der Waals surface area contributed by atoms with Crippen LogP contribution in [0, 0.1) is 6.92 Å². The molecule has 2 aromatic rings. The van der Waals surface area contributed by atoms with Crippen molar-refractivity contribution >= 4 is 33.0 Å². The molecule has 20 heavy (non-hydrogen) atoms. The molecule has 0 aliphatic carbocycles. The highest BCUT2D eigenvalue weighted by atomic mass is 32.1. The van der Waals surface area contributed by atoms with E-state index in [9.17, 15) is 4.79 Å². The van der Waals surface area contributed by atoms with Gasteiger partial charge in [-0.3, -0.25) is 4.79 Å². The van der Waals surface area contributed by atoms with Gasteiger partial charge in [0.1, 0.15) is 4.88 Å². The van der Waals surface area contributed by atoms with Crippen molar-refractivity contribution in [1.29, 1.82) is 0 Å². The Balaban J connectivity index is 2.37. The number of thiophene rings is 1. The summed E-state index contributed by atoms with van der Waals surface area (Å²) in [5.41, 5.74) is 7.97. The summed E-state index contributed by atoms with van der Waals surface area (Å²) >= 11 is 1.49.